The van der Waals surface area contributed by atoms with Crippen LogP contribution in [0.5, 0.6) is 5.75 Å². The van der Waals surface area contributed by atoms with Crippen molar-refractivity contribution < 1.29 is 23.8 Å². The monoisotopic (exact) mass is 475 g/mol. The average molecular weight is 476 g/mol. The van der Waals surface area contributed by atoms with Gasteiger partial charge < -0.3 is 19.2 Å². The molecule has 1 saturated heterocycles. The zero-order valence-corrected chi connectivity index (χ0v) is 19.8. The van der Waals surface area contributed by atoms with Gasteiger partial charge in [0.2, 0.25) is 0 Å². The highest BCUT2D eigenvalue weighted by atomic mass is 16.5. The lowest BCUT2D eigenvalue weighted by Crippen LogP contribution is -2.50. The molecule has 0 radical (unpaired) electrons. The molecule has 1 aromatic heterocycles. The second-order valence-electron chi connectivity index (χ2n) is 9.61. The number of fused-ring (bicyclic) bond motifs is 3. The maximum Gasteiger partial charge on any atom is 0.339 e. The number of amides is 1. The van der Waals surface area contributed by atoms with E-state index in [0.29, 0.717) is 49.2 Å². The van der Waals surface area contributed by atoms with Crippen molar-refractivity contribution in [2.45, 2.75) is 50.9 Å². The Labute approximate surface area is 203 Å². The summed E-state index contributed by atoms with van der Waals surface area (Å²) in [7, 11) is 0. The predicted octanol–water partition coefficient (Wildman–Crippen LogP) is 4.00. The minimum Gasteiger partial charge on any atom is -0.483 e. The fourth-order valence-corrected chi connectivity index (χ4v) is 5.53. The van der Waals surface area contributed by atoms with Gasteiger partial charge in [0.05, 0.1) is 10.8 Å². The number of hydrogen-bond donors (Lipinski definition) is 1. The highest BCUT2D eigenvalue weighted by molar-refractivity contribution is 5.89. The molecule has 5 rings (SSSR count). The summed E-state index contributed by atoms with van der Waals surface area (Å²) >= 11 is 0. The van der Waals surface area contributed by atoms with Crippen molar-refractivity contribution in [3.63, 3.8) is 0 Å². The van der Waals surface area contributed by atoms with Crippen molar-refractivity contribution in [1.29, 1.82) is 0 Å². The number of piperidine rings is 1. The van der Waals surface area contributed by atoms with Gasteiger partial charge in [0, 0.05) is 18.7 Å². The van der Waals surface area contributed by atoms with Gasteiger partial charge in [-0.25, -0.2) is 4.79 Å². The van der Waals surface area contributed by atoms with Crippen molar-refractivity contribution in [3.8, 4) is 5.75 Å². The Morgan fingerprint density at radius 1 is 1.06 bits per heavy atom. The first-order valence-corrected chi connectivity index (χ1v) is 12.2. The molecule has 1 aliphatic carbocycles. The molecular formula is C28H29NO6. The van der Waals surface area contributed by atoms with E-state index in [0.717, 1.165) is 41.3 Å². The van der Waals surface area contributed by atoms with Gasteiger partial charge in [-0.2, -0.15) is 0 Å². The molecule has 1 amide bonds. The number of rotatable bonds is 5. The van der Waals surface area contributed by atoms with Gasteiger partial charge in [-0.1, -0.05) is 30.3 Å². The molecule has 1 aliphatic heterocycles. The SMILES string of the molecule is Cc1cc(OCC(=O)N2CCC(C(=O)O)(c3ccccc3)CC2)c2c3c(c(=O)oc2c1)CCCC3. The average Bonchev–Trinajstić information content (AvgIpc) is 2.87. The topological polar surface area (TPSA) is 97.0 Å². The summed E-state index contributed by atoms with van der Waals surface area (Å²) in [5, 5.41) is 10.8. The molecule has 0 unspecified atom stereocenters. The molecule has 7 heteroatoms. The number of ether oxygens (including phenoxy) is 1. The molecule has 2 heterocycles. The first kappa shape index (κ1) is 23.1. The van der Waals surface area contributed by atoms with Gasteiger partial charge in [0.1, 0.15) is 11.3 Å². The van der Waals surface area contributed by atoms with Crippen LogP contribution in [0.25, 0.3) is 11.0 Å². The number of carbonyl (C=O) groups excluding carboxylic acids is 1. The van der Waals surface area contributed by atoms with Crippen LogP contribution < -0.4 is 10.4 Å². The third-order valence-electron chi connectivity index (χ3n) is 7.49. The summed E-state index contributed by atoms with van der Waals surface area (Å²) in [6.45, 7) is 2.44. The van der Waals surface area contributed by atoms with E-state index in [1.807, 2.05) is 49.4 Å². The summed E-state index contributed by atoms with van der Waals surface area (Å²) in [5.74, 6) is -0.487. The number of nitrogens with zero attached hydrogens (tertiary/aromatic N) is 1. The molecule has 182 valence electrons. The van der Waals surface area contributed by atoms with Gasteiger partial charge in [-0.3, -0.25) is 9.59 Å². The number of benzene rings is 2. The van der Waals surface area contributed by atoms with Gasteiger partial charge in [0.25, 0.3) is 5.91 Å². The lowest BCUT2D eigenvalue weighted by atomic mass is 9.73. The van der Waals surface area contributed by atoms with Crippen molar-refractivity contribution in [3.05, 3.63) is 75.1 Å². The first-order valence-electron chi connectivity index (χ1n) is 12.2. The van der Waals surface area contributed by atoms with E-state index >= 15 is 0 Å². The fourth-order valence-electron chi connectivity index (χ4n) is 5.53. The third kappa shape index (κ3) is 4.20. The lowest BCUT2D eigenvalue weighted by Gasteiger charge is -2.39. The van der Waals surface area contributed by atoms with E-state index in [-0.39, 0.29) is 18.1 Å². The molecule has 0 saturated carbocycles. The van der Waals surface area contributed by atoms with Gasteiger partial charge in [-0.05, 0) is 74.3 Å². The number of aliphatic carboxylic acids is 1. The second-order valence-corrected chi connectivity index (χ2v) is 9.61. The molecule has 3 aromatic rings. The molecule has 0 bridgehead atoms. The van der Waals surface area contributed by atoms with Crippen LogP contribution in [-0.4, -0.2) is 41.6 Å². The molecule has 2 aromatic carbocycles. The number of aryl methyl sites for hydroxylation is 2. The van der Waals surface area contributed by atoms with E-state index in [9.17, 15) is 19.5 Å². The summed E-state index contributed by atoms with van der Waals surface area (Å²) < 4.78 is 11.6. The van der Waals surface area contributed by atoms with Crippen LogP contribution in [-0.2, 0) is 27.8 Å². The van der Waals surface area contributed by atoms with Crippen LogP contribution in [0.4, 0.5) is 0 Å². The number of likely N-dealkylation sites (tertiary alicyclic amines) is 1. The molecule has 0 spiro atoms. The van der Waals surface area contributed by atoms with Crippen molar-refractivity contribution >= 4 is 22.8 Å². The minimum absolute atomic E-state index is 0.155. The van der Waals surface area contributed by atoms with E-state index in [2.05, 4.69) is 0 Å². The number of carboxylic acid groups (broad SMARTS) is 1. The molecule has 2 aliphatic rings. The van der Waals surface area contributed by atoms with Gasteiger partial charge in [0.15, 0.2) is 6.61 Å². The molecule has 0 atom stereocenters. The fraction of sp³-hybridized carbons (Fsp3) is 0.393. The third-order valence-corrected chi connectivity index (χ3v) is 7.49. The maximum absolute atomic E-state index is 13.0. The summed E-state index contributed by atoms with van der Waals surface area (Å²) in [4.78, 5) is 39.4. The van der Waals surface area contributed by atoms with Gasteiger partial charge in [-0.15, -0.1) is 0 Å². The summed E-state index contributed by atoms with van der Waals surface area (Å²) in [6, 6.07) is 13.0. The Bertz CT molecular complexity index is 1340. The largest absolute Gasteiger partial charge is 0.483 e. The molecule has 7 nitrogen and oxygen atoms in total. The van der Waals surface area contributed by atoms with E-state index < -0.39 is 11.4 Å². The van der Waals surface area contributed by atoms with Crippen LogP contribution in [0.3, 0.4) is 0 Å². The number of carboxylic acids is 1. The predicted molar refractivity (Wildman–Crippen MR) is 131 cm³/mol. The molecular weight excluding hydrogens is 446 g/mol. The second kappa shape index (κ2) is 9.21. The quantitative estimate of drug-likeness (QED) is 0.560. The highest BCUT2D eigenvalue weighted by Crippen LogP contribution is 2.37. The Morgan fingerprint density at radius 3 is 2.43 bits per heavy atom. The van der Waals surface area contributed by atoms with Crippen molar-refractivity contribution in [2.24, 2.45) is 0 Å². The van der Waals surface area contributed by atoms with Crippen LogP contribution in [0.1, 0.15) is 47.9 Å². The minimum atomic E-state index is -0.984. The lowest BCUT2D eigenvalue weighted by molar-refractivity contribution is -0.148. The Hall–Kier alpha value is -3.61. The number of hydrogen-bond acceptors (Lipinski definition) is 5. The molecule has 35 heavy (non-hydrogen) atoms. The molecule has 1 N–H and O–H groups in total. The van der Waals surface area contributed by atoms with E-state index in [4.69, 9.17) is 9.15 Å². The summed E-state index contributed by atoms with van der Waals surface area (Å²) in [6.07, 6.45) is 4.14. The summed E-state index contributed by atoms with van der Waals surface area (Å²) in [5.41, 5.74) is 2.56. The van der Waals surface area contributed by atoms with E-state index in [1.54, 1.807) is 4.90 Å². The van der Waals surface area contributed by atoms with E-state index in [1.165, 1.54) is 0 Å². The first-order chi connectivity index (χ1) is 16.9. The zero-order valence-electron chi connectivity index (χ0n) is 19.8. The zero-order chi connectivity index (χ0) is 24.6. The van der Waals surface area contributed by atoms with Crippen molar-refractivity contribution in [2.75, 3.05) is 19.7 Å². The Kier molecular flexibility index (Phi) is 6.09. The maximum atomic E-state index is 13.0. The van der Waals surface area contributed by atoms with Gasteiger partial charge >= 0.3 is 11.6 Å². The highest BCUT2D eigenvalue weighted by Gasteiger charge is 2.43. The number of carbonyl (C=O) groups is 2. The Morgan fingerprint density at radius 2 is 1.74 bits per heavy atom. The van der Waals surface area contributed by atoms with Crippen LogP contribution in [0.2, 0.25) is 0 Å². The van der Waals surface area contributed by atoms with Crippen LogP contribution in [0, 0.1) is 6.92 Å². The molecule has 1 fully saturated rings. The Balaban J connectivity index is 1.34. The van der Waals surface area contributed by atoms with Crippen LogP contribution in [0.15, 0.2) is 51.7 Å². The van der Waals surface area contributed by atoms with Crippen molar-refractivity contribution in [1.82, 2.24) is 4.90 Å². The smallest absolute Gasteiger partial charge is 0.339 e. The standard InChI is InChI=1S/C28H29NO6/c1-18-15-22(25-20-9-5-6-10-21(20)26(31)35-23(25)16-18)34-17-24(30)29-13-11-28(12-14-29,27(32)33)19-7-3-2-4-8-19/h2-4,7-8,15-16H,5-6,9-14,17H2,1H3,(H,32,33). The normalized spacial score (nSPS) is 17.1. The van der Waals surface area contributed by atoms with Crippen LogP contribution >= 0.6 is 0 Å².